The third kappa shape index (κ3) is 9.31. The van der Waals surface area contributed by atoms with E-state index in [1.165, 1.54) is 4.88 Å². The minimum atomic E-state index is -5.08. The molecule has 2 saturated heterocycles. The maximum Gasteiger partial charge on any atom is 0.490 e. The molecule has 0 bridgehead atoms. The molecule has 0 aliphatic carbocycles. The molecule has 0 spiro atoms. The number of amides is 1. The van der Waals surface area contributed by atoms with Gasteiger partial charge in [-0.3, -0.25) is 14.7 Å². The van der Waals surface area contributed by atoms with Gasteiger partial charge in [0.15, 0.2) is 0 Å². The summed E-state index contributed by atoms with van der Waals surface area (Å²) in [6.45, 7) is 2.80. The highest BCUT2D eigenvalue weighted by molar-refractivity contribution is 7.09. The van der Waals surface area contributed by atoms with Crippen LogP contribution in [0.5, 0.6) is 0 Å². The Morgan fingerprint density at radius 2 is 1.59 bits per heavy atom. The number of aromatic nitrogens is 1. The molecular weight excluding hydrogens is 532 g/mol. The lowest BCUT2D eigenvalue weighted by Gasteiger charge is -2.39. The van der Waals surface area contributed by atoms with Gasteiger partial charge in [0.05, 0.1) is 0 Å². The van der Waals surface area contributed by atoms with Crippen LogP contribution in [0.15, 0.2) is 42.0 Å². The van der Waals surface area contributed by atoms with Crippen LogP contribution in [0.3, 0.4) is 0 Å². The van der Waals surface area contributed by atoms with E-state index in [1.807, 2.05) is 23.6 Å². The van der Waals surface area contributed by atoms with E-state index in [0.29, 0.717) is 31.0 Å². The molecule has 2 aromatic heterocycles. The van der Waals surface area contributed by atoms with Crippen LogP contribution in [-0.4, -0.2) is 73.8 Å². The second kappa shape index (κ2) is 12.9. The molecule has 0 unspecified atom stereocenters. The van der Waals surface area contributed by atoms with Gasteiger partial charge in [-0.25, -0.2) is 9.59 Å². The number of thiophene rings is 1. The highest BCUT2D eigenvalue weighted by Gasteiger charge is 2.43. The quantitative estimate of drug-likeness (QED) is 0.545. The Morgan fingerprint density at radius 1 is 0.973 bits per heavy atom. The molecule has 0 saturated carbocycles. The van der Waals surface area contributed by atoms with E-state index in [-0.39, 0.29) is 0 Å². The molecule has 2 fully saturated rings. The number of fused-ring (bicyclic) bond motifs is 1. The molecular formula is C22H23F6N3O5S. The lowest BCUT2D eigenvalue weighted by molar-refractivity contribution is -0.193. The first-order valence-corrected chi connectivity index (χ1v) is 11.6. The van der Waals surface area contributed by atoms with Crippen molar-refractivity contribution in [3.63, 3.8) is 0 Å². The number of pyridine rings is 1. The van der Waals surface area contributed by atoms with E-state index >= 15 is 0 Å². The third-order valence-corrected chi connectivity index (χ3v) is 6.36. The van der Waals surface area contributed by atoms with Gasteiger partial charge in [-0.15, -0.1) is 11.3 Å². The zero-order valence-corrected chi connectivity index (χ0v) is 19.9. The number of likely N-dealkylation sites (tertiary alicyclic amines) is 2. The van der Waals surface area contributed by atoms with Crippen LogP contribution in [-0.2, 0) is 27.5 Å². The number of nitrogens with zero attached hydrogens (tertiary/aromatic N) is 3. The predicted octanol–water partition coefficient (Wildman–Crippen LogP) is 4.18. The van der Waals surface area contributed by atoms with E-state index in [1.54, 1.807) is 6.20 Å². The van der Waals surface area contributed by atoms with Crippen LogP contribution >= 0.6 is 11.3 Å². The average Bonchev–Trinajstić information content (AvgIpc) is 3.46. The average molecular weight is 555 g/mol. The van der Waals surface area contributed by atoms with Crippen LogP contribution in [0.2, 0.25) is 0 Å². The number of halogens is 6. The maximum atomic E-state index is 12.5. The topological polar surface area (TPSA) is 111 Å². The number of hydrogen-bond acceptors (Lipinski definition) is 6. The molecule has 37 heavy (non-hydrogen) atoms. The first kappa shape index (κ1) is 30.0. The summed E-state index contributed by atoms with van der Waals surface area (Å²) >= 11 is 1.82. The van der Waals surface area contributed by atoms with Crippen LogP contribution in [0.1, 0.15) is 29.7 Å². The van der Waals surface area contributed by atoms with Gasteiger partial charge in [-0.1, -0.05) is 12.1 Å². The molecule has 2 atom stereocenters. The summed E-state index contributed by atoms with van der Waals surface area (Å²) in [5.74, 6) is -5.21. The Labute approximate surface area is 211 Å². The smallest absolute Gasteiger partial charge is 0.475 e. The minimum absolute atomic E-state index is 0.299. The minimum Gasteiger partial charge on any atom is -0.475 e. The van der Waals surface area contributed by atoms with E-state index in [9.17, 15) is 31.1 Å². The zero-order valence-electron chi connectivity index (χ0n) is 19.1. The standard InChI is InChI=1S/C18H21N3OS.2C2HF3O2/c22-18-6-5-16-17(21(18)12-14-3-1-8-19-11-14)7-9-20(16)13-15-4-2-10-23-15;2*3-2(4,5)1(6)7/h1-4,8,10-11,16-17H,5-7,9,12-13H2;2*(H,6,7)/t16-,17-;;/m1../s1. The summed E-state index contributed by atoms with van der Waals surface area (Å²) in [4.78, 5) is 40.5. The Kier molecular flexibility index (Phi) is 10.4. The van der Waals surface area contributed by atoms with Crippen LogP contribution < -0.4 is 0 Å². The first-order chi connectivity index (χ1) is 17.2. The zero-order chi connectivity index (χ0) is 27.8. The molecule has 204 valence electrons. The Hall–Kier alpha value is -3.20. The maximum absolute atomic E-state index is 12.5. The number of carboxylic acids is 2. The summed E-state index contributed by atoms with van der Waals surface area (Å²) in [6.07, 6.45) is -3.76. The fourth-order valence-corrected chi connectivity index (χ4v) is 4.66. The van der Waals surface area contributed by atoms with Crippen molar-refractivity contribution >= 4 is 29.2 Å². The van der Waals surface area contributed by atoms with Crippen molar-refractivity contribution in [2.45, 2.75) is 56.8 Å². The van der Waals surface area contributed by atoms with E-state index in [2.05, 4.69) is 38.4 Å². The van der Waals surface area contributed by atoms with E-state index in [4.69, 9.17) is 19.8 Å². The fourth-order valence-electron chi connectivity index (χ4n) is 3.93. The molecule has 2 N–H and O–H groups in total. The van der Waals surface area contributed by atoms with Gasteiger partial charge in [0, 0.05) is 55.4 Å². The molecule has 4 rings (SSSR count). The third-order valence-electron chi connectivity index (χ3n) is 5.50. The molecule has 8 nitrogen and oxygen atoms in total. The summed E-state index contributed by atoms with van der Waals surface area (Å²) in [5.41, 5.74) is 1.12. The van der Waals surface area contributed by atoms with E-state index in [0.717, 1.165) is 31.5 Å². The van der Waals surface area contributed by atoms with Crippen molar-refractivity contribution in [3.05, 3.63) is 52.5 Å². The SMILES string of the molecule is O=C(O)C(F)(F)F.O=C(O)C(F)(F)F.O=C1CC[C@@H]2[C@@H](CCN2Cc2cccs2)N1Cc1cccnc1. The van der Waals surface area contributed by atoms with Gasteiger partial charge >= 0.3 is 24.3 Å². The molecule has 0 aromatic carbocycles. The van der Waals surface area contributed by atoms with Crippen molar-refractivity contribution in [1.82, 2.24) is 14.8 Å². The van der Waals surface area contributed by atoms with Gasteiger partial charge in [0.1, 0.15) is 0 Å². The largest absolute Gasteiger partial charge is 0.490 e. The number of alkyl halides is 6. The van der Waals surface area contributed by atoms with Crippen molar-refractivity contribution in [3.8, 4) is 0 Å². The number of carbonyl (C=O) groups is 3. The van der Waals surface area contributed by atoms with Crippen LogP contribution in [0.4, 0.5) is 26.3 Å². The summed E-state index contributed by atoms with van der Waals surface area (Å²) in [6, 6.07) is 9.19. The van der Waals surface area contributed by atoms with Crippen LogP contribution in [0.25, 0.3) is 0 Å². The van der Waals surface area contributed by atoms with Gasteiger partial charge in [-0.2, -0.15) is 26.3 Å². The molecule has 0 radical (unpaired) electrons. The number of carbonyl (C=O) groups excluding carboxylic acids is 1. The highest BCUT2D eigenvalue weighted by atomic mass is 32.1. The number of carboxylic acid groups (broad SMARTS) is 2. The van der Waals surface area contributed by atoms with E-state index < -0.39 is 24.3 Å². The summed E-state index contributed by atoms with van der Waals surface area (Å²) < 4.78 is 63.5. The Balaban J connectivity index is 0.000000286. The fraction of sp³-hybridized carbons (Fsp3) is 0.455. The number of hydrogen-bond donors (Lipinski definition) is 2. The molecule has 2 aliphatic heterocycles. The molecule has 15 heteroatoms. The molecule has 1 amide bonds. The number of piperidine rings is 1. The summed E-state index contributed by atoms with van der Waals surface area (Å²) in [5, 5.41) is 16.4. The second-order valence-corrected chi connectivity index (χ2v) is 9.03. The Bertz CT molecular complexity index is 1010. The normalized spacial score (nSPS) is 19.7. The van der Waals surface area contributed by atoms with Gasteiger partial charge in [0.2, 0.25) is 5.91 Å². The summed E-state index contributed by atoms with van der Waals surface area (Å²) in [7, 11) is 0. The van der Waals surface area contributed by atoms with Gasteiger partial charge < -0.3 is 15.1 Å². The van der Waals surface area contributed by atoms with Crippen molar-refractivity contribution in [2.24, 2.45) is 0 Å². The lowest BCUT2D eigenvalue weighted by atomic mass is 9.95. The van der Waals surface area contributed by atoms with Crippen molar-refractivity contribution in [2.75, 3.05) is 6.54 Å². The monoisotopic (exact) mass is 555 g/mol. The first-order valence-electron chi connectivity index (χ1n) is 10.7. The number of rotatable bonds is 4. The van der Waals surface area contributed by atoms with Crippen molar-refractivity contribution in [1.29, 1.82) is 0 Å². The second-order valence-electron chi connectivity index (χ2n) is 8.00. The van der Waals surface area contributed by atoms with Crippen LogP contribution in [0, 0.1) is 0 Å². The van der Waals surface area contributed by atoms with Gasteiger partial charge in [0.25, 0.3) is 0 Å². The highest BCUT2D eigenvalue weighted by Crippen LogP contribution is 2.33. The number of aliphatic carboxylic acids is 2. The Morgan fingerprint density at radius 3 is 2.08 bits per heavy atom. The molecule has 2 aromatic rings. The van der Waals surface area contributed by atoms with Gasteiger partial charge in [-0.05, 0) is 35.9 Å². The molecule has 4 heterocycles. The van der Waals surface area contributed by atoms with Crippen molar-refractivity contribution < 1.29 is 50.9 Å². The predicted molar refractivity (Wildman–Crippen MR) is 118 cm³/mol. The lowest BCUT2D eigenvalue weighted by Crippen LogP contribution is -2.51. The molecule has 2 aliphatic rings.